The van der Waals surface area contributed by atoms with E-state index in [1.165, 1.54) is 40.6 Å². The highest BCUT2D eigenvalue weighted by Gasteiger charge is 2.55. The number of ether oxygens (including phenoxy) is 3. The summed E-state index contributed by atoms with van der Waals surface area (Å²) in [5, 5.41) is 2.75. The molecule has 0 aromatic carbocycles. The van der Waals surface area contributed by atoms with Crippen molar-refractivity contribution in [2.24, 2.45) is 29.1 Å². The molecule has 8 nitrogen and oxygen atoms in total. The van der Waals surface area contributed by atoms with Gasteiger partial charge in [-0.05, 0) is 56.3 Å². The first kappa shape index (κ1) is 20.6. The van der Waals surface area contributed by atoms with Crippen LogP contribution >= 0.6 is 0 Å². The maximum Gasteiger partial charge on any atom is 0.329 e. The lowest BCUT2D eigenvalue weighted by molar-refractivity contribution is -0.162. The first-order chi connectivity index (χ1) is 13.3. The van der Waals surface area contributed by atoms with E-state index in [4.69, 9.17) is 9.47 Å². The van der Waals surface area contributed by atoms with Crippen molar-refractivity contribution in [3.63, 3.8) is 0 Å². The summed E-state index contributed by atoms with van der Waals surface area (Å²) in [6, 6.07) is -1.29. The van der Waals surface area contributed by atoms with Crippen LogP contribution in [0, 0.1) is 29.1 Å². The topological polar surface area (TPSA) is 108 Å². The van der Waals surface area contributed by atoms with Gasteiger partial charge in [0.1, 0.15) is 6.04 Å². The van der Waals surface area contributed by atoms with Crippen LogP contribution in [0.25, 0.3) is 0 Å². The maximum atomic E-state index is 13.3. The fraction of sp³-hybridized carbons (Fsp3) is 0.800. The Morgan fingerprint density at radius 2 is 1.36 bits per heavy atom. The van der Waals surface area contributed by atoms with Gasteiger partial charge in [0, 0.05) is 5.41 Å². The predicted octanol–water partition coefficient (Wildman–Crippen LogP) is 1.21. The molecular weight excluding hydrogens is 366 g/mol. The van der Waals surface area contributed by atoms with E-state index in [1.807, 2.05) is 0 Å². The molecule has 4 aliphatic carbocycles. The lowest BCUT2D eigenvalue weighted by Crippen LogP contribution is -2.58. The highest BCUT2D eigenvalue weighted by Crippen LogP contribution is 2.60. The Hall–Kier alpha value is -2.12. The molecule has 0 spiro atoms. The molecule has 4 aliphatic rings. The Labute approximate surface area is 164 Å². The van der Waals surface area contributed by atoms with E-state index < -0.39 is 35.3 Å². The summed E-state index contributed by atoms with van der Waals surface area (Å²) in [6.45, 7) is 0. The summed E-state index contributed by atoms with van der Waals surface area (Å²) in [4.78, 5) is 49.8. The molecule has 1 amide bonds. The minimum absolute atomic E-state index is 0.222. The van der Waals surface area contributed by atoms with Crippen molar-refractivity contribution in [3.8, 4) is 0 Å². The Morgan fingerprint density at radius 1 is 0.857 bits per heavy atom. The number of esters is 3. The zero-order valence-electron chi connectivity index (χ0n) is 16.7. The quantitative estimate of drug-likeness (QED) is 0.510. The summed E-state index contributed by atoms with van der Waals surface area (Å²) in [6.07, 6.45) is 5.61. The monoisotopic (exact) mass is 395 g/mol. The highest BCUT2D eigenvalue weighted by molar-refractivity contribution is 5.93. The van der Waals surface area contributed by atoms with Crippen molar-refractivity contribution >= 4 is 23.8 Å². The van der Waals surface area contributed by atoms with Crippen LogP contribution in [-0.4, -0.2) is 51.2 Å². The van der Waals surface area contributed by atoms with Gasteiger partial charge in [-0.2, -0.15) is 0 Å². The normalized spacial score (nSPS) is 32.2. The van der Waals surface area contributed by atoms with Crippen LogP contribution in [0.15, 0.2) is 0 Å². The van der Waals surface area contributed by atoms with Crippen LogP contribution in [-0.2, 0) is 33.4 Å². The van der Waals surface area contributed by atoms with Crippen LogP contribution in [0.1, 0.15) is 44.9 Å². The molecule has 4 saturated carbocycles. The second-order valence-corrected chi connectivity index (χ2v) is 8.58. The smallest absolute Gasteiger partial charge is 0.329 e. The molecule has 0 aliphatic heterocycles. The summed E-state index contributed by atoms with van der Waals surface area (Å²) >= 11 is 0. The van der Waals surface area contributed by atoms with Gasteiger partial charge in [0.15, 0.2) is 0 Å². The van der Waals surface area contributed by atoms with Gasteiger partial charge in [-0.3, -0.25) is 14.4 Å². The highest BCUT2D eigenvalue weighted by atomic mass is 16.5. The molecule has 0 aromatic heterocycles. The molecule has 0 saturated heterocycles. The van der Waals surface area contributed by atoms with E-state index in [0.717, 1.165) is 19.3 Å². The number of nitrogens with one attached hydrogen (secondary N) is 1. The lowest BCUT2D eigenvalue weighted by Gasteiger charge is -2.55. The number of hydrogen-bond donors (Lipinski definition) is 1. The molecular formula is C20H29NO7. The summed E-state index contributed by atoms with van der Waals surface area (Å²) in [5.41, 5.74) is -0.493. The Morgan fingerprint density at radius 3 is 1.79 bits per heavy atom. The number of amides is 1. The van der Waals surface area contributed by atoms with Crippen LogP contribution in [0.5, 0.6) is 0 Å². The van der Waals surface area contributed by atoms with E-state index >= 15 is 0 Å². The molecule has 8 heteroatoms. The van der Waals surface area contributed by atoms with Crippen LogP contribution in [0.3, 0.4) is 0 Å². The van der Waals surface area contributed by atoms with Crippen molar-refractivity contribution in [3.05, 3.63) is 0 Å². The molecule has 1 N–H and O–H groups in total. The first-order valence-electron chi connectivity index (χ1n) is 9.85. The number of methoxy groups -OCH3 is 3. The number of hydrogen-bond acceptors (Lipinski definition) is 7. The minimum Gasteiger partial charge on any atom is -0.469 e. The molecule has 0 radical (unpaired) electrons. The van der Waals surface area contributed by atoms with Crippen molar-refractivity contribution in [1.29, 1.82) is 0 Å². The molecule has 4 bridgehead atoms. The van der Waals surface area contributed by atoms with E-state index in [0.29, 0.717) is 17.8 Å². The number of carbonyl (C=O) groups is 4. The summed E-state index contributed by atoms with van der Waals surface area (Å²) in [7, 11) is 3.54. The van der Waals surface area contributed by atoms with Gasteiger partial charge >= 0.3 is 17.9 Å². The molecule has 2 atom stereocenters. The summed E-state index contributed by atoms with van der Waals surface area (Å²) in [5.74, 6) is -1.99. The molecule has 4 rings (SSSR count). The second kappa shape index (κ2) is 8.09. The van der Waals surface area contributed by atoms with E-state index in [-0.39, 0.29) is 12.3 Å². The molecule has 156 valence electrons. The van der Waals surface area contributed by atoms with Crippen LogP contribution in [0.2, 0.25) is 0 Å². The number of carbonyl (C=O) groups excluding carboxylic acids is 4. The van der Waals surface area contributed by atoms with Crippen molar-refractivity contribution < 1.29 is 33.4 Å². The molecule has 0 aromatic rings. The summed E-state index contributed by atoms with van der Waals surface area (Å²) < 4.78 is 14.2. The van der Waals surface area contributed by atoms with Gasteiger partial charge in [0.25, 0.3) is 0 Å². The standard InChI is InChI=1S/C20H29NO7/c1-26-15(22)7-14(17(23)27-2)16(18(24)28-3)21-19(25)20-8-11-4-12(9-20)6-13(5-11)10-20/h11-14,16H,4-10H2,1-3H3,(H,21,25)/t11?,12?,13?,14-,16+,20?/m0/s1. The SMILES string of the molecule is COC(=O)C[C@H](C(=O)OC)[C@@H](NC(=O)C12CC3CC(CC(C3)C1)C2)C(=O)OC. The molecule has 0 unspecified atom stereocenters. The lowest BCUT2D eigenvalue weighted by atomic mass is 9.49. The third-order valence-electron chi connectivity index (χ3n) is 6.78. The van der Waals surface area contributed by atoms with Crippen LogP contribution in [0.4, 0.5) is 0 Å². The second-order valence-electron chi connectivity index (χ2n) is 8.58. The zero-order valence-corrected chi connectivity index (χ0v) is 16.7. The van der Waals surface area contributed by atoms with Crippen molar-refractivity contribution in [1.82, 2.24) is 5.32 Å². The van der Waals surface area contributed by atoms with Crippen molar-refractivity contribution in [2.45, 2.75) is 51.0 Å². The van der Waals surface area contributed by atoms with Gasteiger partial charge in [-0.25, -0.2) is 4.79 Å². The average molecular weight is 395 g/mol. The van der Waals surface area contributed by atoms with Gasteiger partial charge in [-0.15, -0.1) is 0 Å². The first-order valence-corrected chi connectivity index (χ1v) is 9.85. The average Bonchev–Trinajstić information content (AvgIpc) is 2.67. The van der Waals surface area contributed by atoms with Crippen LogP contribution < -0.4 is 5.32 Å². The van der Waals surface area contributed by atoms with Gasteiger partial charge in [0.2, 0.25) is 5.91 Å². The third-order valence-corrected chi connectivity index (χ3v) is 6.78. The van der Waals surface area contributed by atoms with Gasteiger partial charge in [0.05, 0.1) is 33.7 Å². The van der Waals surface area contributed by atoms with Gasteiger partial charge in [-0.1, -0.05) is 0 Å². The maximum absolute atomic E-state index is 13.3. The Bertz CT molecular complexity index is 624. The molecule has 28 heavy (non-hydrogen) atoms. The van der Waals surface area contributed by atoms with E-state index in [1.54, 1.807) is 0 Å². The van der Waals surface area contributed by atoms with Gasteiger partial charge < -0.3 is 19.5 Å². The Balaban J connectivity index is 1.81. The fourth-order valence-electron chi connectivity index (χ4n) is 5.89. The Kier molecular flexibility index (Phi) is 5.95. The predicted molar refractivity (Wildman–Crippen MR) is 96.7 cm³/mol. The number of rotatable bonds is 7. The third kappa shape index (κ3) is 3.86. The molecule has 0 heterocycles. The largest absolute Gasteiger partial charge is 0.469 e. The van der Waals surface area contributed by atoms with Crippen molar-refractivity contribution in [2.75, 3.05) is 21.3 Å². The van der Waals surface area contributed by atoms with E-state index in [9.17, 15) is 19.2 Å². The minimum atomic E-state index is -1.29. The fourth-order valence-corrected chi connectivity index (χ4v) is 5.89. The van der Waals surface area contributed by atoms with E-state index in [2.05, 4.69) is 10.1 Å². The molecule has 4 fully saturated rings. The zero-order chi connectivity index (χ0) is 20.5.